The molecule has 276 valence electrons. The Morgan fingerprint density at radius 2 is 0.609 bits per heavy atom. The molecule has 0 bridgehead atoms. The molecule has 0 spiro atoms. The van der Waals surface area contributed by atoms with Crippen molar-refractivity contribution >= 4 is 47.8 Å². The quantitative estimate of drug-likeness (QED) is 0.0957. The number of hydrogen-bond acceptors (Lipinski definition) is 9. The van der Waals surface area contributed by atoms with Gasteiger partial charge in [0.05, 0.1) is 12.5 Å². The fourth-order valence-electron chi connectivity index (χ4n) is 2.28. The molecule has 0 fully saturated rings. The molecule has 0 radical (unpaired) electrons. The van der Waals surface area contributed by atoms with Crippen LogP contribution in [-0.2, 0) is 43.1 Å². The van der Waals surface area contributed by atoms with Crippen LogP contribution in [0.25, 0.3) is 0 Å². The number of ether oxygens (including phenoxy) is 1. The highest BCUT2D eigenvalue weighted by molar-refractivity contribution is 5.72. The minimum absolute atomic E-state index is 0.0329. The molecular formula is C30H60O16. The van der Waals surface area contributed by atoms with Gasteiger partial charge in [0, 0.05) is 48.5 Å². The highest BCUT2D eigenvalue weighted by atomic mass is 16.5. The number of carboxylic acids is 7. The lowest BCUT2D eigenvalue weighted by atomic mass is 9.94. The summed E-state index contributed by atoms with van der Waals surface area (Å²) in [6.45, 7) is 14.4. The molecule has 0 aromatic carbocycles. The van der Waals surface area contributed by atoms with Crippen LogP contribution in [0.2, 0.25) is 0 Å². The molecule has 0 saturated carbocycles. The van der Waals surface area contributed by atoms with E-state index >= 15 is 0 Å². The first-order valence-corrected chi connectivity index (χ1v) is 14.4. The molecular weight excluding hydrogens is 616 g/mol. The lowest BCUT2D eigenvalue weighted by Crippen LogP contribution is -2.18. The van der Waals surface area contributed by atoms with Crippen LogP contribution in [0.1, 0.15) is 133 Å². The van der Waals surface area contributed by atoms with E-state index in [0.717, 1.165) is 61.3 Å². The van der Waals surface area contributed by atoms with Crippen molar-refractivity contribution < 1.29 is 78.8 Å². The van der Waals surface area contributed by atoms with Crippen LogP contribution >= 0.6 is 0 Å². The lowest BCUT2D eigenvalue weighted by molar-refractivity contribution is -0.148. The molecule has 0 aliphatic rings. The molecule has 46 heavy (non-hydrogen) atoms. The third kappa shape index (κ3) is 274. The third-order valence-corrected chi connectivity index (χ3v) is 3.43. The summed E-state index contributed by atoms with van der Waals surface area (Å²) in [4.78, 5) is 74.8. The minimum Gasteiger partial charge on any atom is -0.481 e. The molecule has 0 amide bonds. The summed E-state index contributed by atoms with van der Waals surface area (Å²) < 4.78 is 5.18. The van der Waals surface area contributed by atoms with Gasteiger partial charge in [-0.2, -0.15) is 0 Å². The molecule has 16 nitrogen and oxygen atoms in total. The first-order valence-electron chi connectivity index (χ1n) is 14.4. The Balaban J connectivity index is -0.0000000701. The monoisotopic (exact) mass is 676 g/mol. The van der Waals surface area contributed by atoms with Gasteiger partial charge < -0.3 is 40.5 Å². The molecule has 0 heterocycles. The zero-order valence-corrected chi connectivity index (χ0v) is 29.2. The molecule has 16 heteroatoms. The van der Waals surface area contributed by atoms with E-state index in [-0.39, 0.29) is 11.9 Å². The first kappa shape index (κ1) is 60.9. The van der Waals surface area contributed by atoms with Crippen LogP contribution in [0.5, 0.6) is 0 Å². The van der Waals surface area contributed by atoms with Gasteiger partial charge in [0.2, 0.25) is 0 Å². The second-order valence-electron chi connectivity index (χ2n) is 8.78. The second-order valence-corrected chi connectivity index (χ2v) is 8.78. The van der Waals surface area contributed by atoms with Crippen molar-refractivity contribution in [1.82, 2.24) is 0 Å². The number of carbonyl (C=O) groups is 8. The Morgan fingerprint density at radius 1 is 0.413 bits per heavy atom. The highest BCUT2D eigenvalue weighted by Gasteiger charge is 2.18. The summed E-state index contributed by atoms with van der Waals surface area (Å²) in [5.41, 5.74) is 0. The number of aliphatic carboxylic acids is 7. The minimum atomic E-state index is -0.833. The standard InChI is InChI=1S/C16H32O2.7C2H4O2/c1-4-7-9-11-13-15(16(17)18-6-3)14-12-10-8-5-2;7*1-2(3)4/h15H,4-14H2,1-3H3;7*1H3,(H,3,4). The number of hydrogen-bond donors (Lipinski definition) is 7. The third-order valence-electron chi connectivity index (χ3n) is 3.43. The SMILES string of the molecule is CC(=O)O.CC(=O)O.CC(=O)O.CC(=O)O.CC(=O)O.CC(=O)O.CC(=O)O.CCCCCCC(CCCCCC)C(=O)OCC. The topological polar surface area (TPSA) is 287 Å². The van der Waals surface area contributed by atoms with E-state index in [4.69, 9.17) is 74.0 Å². The number of carbonyl (C=O) groups excluding carboxylic acids is 1. The van der Waals surface area contributed by atoms with Crippen molar-refractivity contribution in [3.63, 3.8) is 0 Å². The van der Waals surface area contributed by atoms with Gasteiger partial charge in [-0.3, -0.25) is 38.4 Å². The van der Waals surface area contributed by atoms with Gasteiger partial charge in [0.25, 0.3) is 41.8 Å². The van der Waals surface area contributed by atoms with Crippen LogP contribution in [0.3, 0.4) is 0 Å². The van der Waals surface area contributed by atoms with E-state index in [2.05, 4.69) is 13.8 Å². The smallest absolute Gasteiger partial charge is 0.308 e. The summed E-state index contributed by atoms with van der Waals surface area (Å²) in [6.07, 6.45) is 12.0. The maximum atomic E-state index is 11.8. The van der Waals surface area contributed by atoms with Crippen LogP contribution in [0.15, 0.2) is 0 Å². The van der Waals surface area contributed by atoms with Crippen molar-refractivity contribution in [2.24, 2.45) is 5.92 Å². The lowest BCUT2D eigenvalue weighted by Gasteiger charge is -2.15. The zero-order valence-electron chi connectivity index (χ0n) is 29.2. The van der Waals surface area contributed by atoms with Gasteiger partial charge >= 0.3 is 5.97 Å². The highest BCUT2D eigenvalue weighted by Crippen LogP contribution is 2.19. The Morgan fingerprint density at radius 3 is 0.761 bits per heavy atom. The Labute approximate surface area is 272 Å². The maximum absolute atomic E-state index is 11.8. The van der Waals surface area contributed by atoms with Gasteiger partial charge in [0.15, 0.2) is 0 Å². The first-order chi connectivity index (χ1) is 20.9. The maximum Gasteiger partial charge on any atom is 0.308 e. The molecule has 7 N–H and O–H groups in total. The molecule has 0 rings (SSSR count). The summed E-state index contributed by atoms with van der Waals surface area (Å²) in [5, 5.41) is 51.9. The summed E-state index contributed by atoms with van der Waals surface area (Å²) in [5.74, 6) is -5.65. The van der Waals surface area contributed by atoms with E-state index < -0.39 is 41.8 Å². The van der Waals surface area contributed by atoms with Crippen LogP contribution < -0.4 is 0 Å². The van der Waals surface area contributed by atoms with Crippen molar-refractivity contribution in [3.05, 3.63) is 0 Å². The number of rotatable bonds is 12. The van der Waals surface area contributed by atoms with Crippen molar-refractivity contribution in [1.29, 1.82) is 0 Å². The van der Waals surface area contributed by atoms with Gasteiger partial charge in [-0.25, -0.2) is 0 Å². The van der Waals surface area contributed by atoms with Gasteiger partial charge in [0.1, 0.15) is 0 Å². The van der Waals surface area contributed by atoms with Gasteiger partial charge in [-0.1, -0.05) is 65.2 Å². The van der Waals surface area contributed by atoms with Crippen molar-refractivity contribution in [3.8, 4) is 0 Å². The van der Waals surface area contributed by atoms with Gasteiger partial charge in [-0.15, -0.1) is 0 Å². The average Bonchev–Trinajstić information content (AvgIpc) is 2.81. The van der Waals surface area contributed by atoms with E-state index in [9.17, 15) is 4.79 Å². The largest absolute Gasteiger partial charge is 0.481 e. The Bertz CT molecular complexity index is 606. The molecule has 0 saturated heterocycles. The molecule has 0 unspecified atom stereocenters. The zero-order chi connectivity index (χ0) is 38.7. The predicted molar refractivity (Wildman–Crippen MR) is 171 cm³/mol. The van der Waals surface area contributed by atoms with E-state index in [1.165, 1.54) is 51.4 Å². The van der Waals surface area contributed by atoms with E-state index in [1.807, 2.05) is 6.92 Å². The second kappa shape index (κ2) is 53.3. The van der Waals surface area contributed by atoms with Crippen molar-refractivity contribution in [2.45, 2.75) is 133 Å². The molecule has 0 aliphatic carbocycles. The summed E-state index contributed by atoms with van der Waals surface area (Å²) >= 11 is 0. The average molecular weight is 677 g/mol. The Hall–Kier alpha value is -4.24. The Kier molecular flexibility index (Phi) is 70.6. The normalized spacial score (nSPS) is 8.07. The van der Waals surface area contributed by atoms with E-state index in [1.54, 1.807) is 0 Å². The fourth-order valence-corrected chi connectivity index (χ4v) is 2.28. The van der Waals surface area contributed by atoms with Crippen molar-refractivity contribution in [2.75, 3.05) is 6.61 Å². The number of unbranched alkanes of at least 4 members (excludes halogenated alkanes) is 6. The van der Waals surface area contributed by atoms with Gasteiger partial charge in [-0.05, 0) is 19.8 Å². The molecule has 0 aromatic rings. The number of esters is 1. The van der Waals surface area contributed by atoms with Crippen LogP contribution in [0, 0.1) is 5.92 Å². The summed E-state index contributed by atoms with van der Waals surface area (Å²) in [7, 11) is 0. The molecule has 0 atom stereocenters. The van der Waals surface area contributed by atoms with Crippen LogP contribution in [0.4, 0.5) is 0 Å². The van der Waals surface area contributed by atoms with E-state index in [0.29, 0.717) is 6.61 Å². The molecule has 0 aliphatic heterocycles. The number of carboxylic acid groups (broad SMARTS) is 7. The molecule has 0 aromatic heterocycles. The predicted octanol–water partition coefficient (Wildman–Crippen LogP) is 5.74. The fraction of sp³-hybridized carbons (Fsp3) is 0.733. The summed E-state index contributed by atoms with van der Waals surface area (Å²) in [6, 6.07) is 0. The van der Waals surface area contributed by atoms with Crippen LogP contribution in [-0.4, -0.2) is 90.1 Å².